The molecule has 1 atom stereocenters. The van der Waals surface area contributed by atoms with Crippen LogP contribution in [0, 0.1) is 5.41 Å². The summed E-state index contributed by atoms with van der Waals surface area (Å²) in [5.74, 6) is 0. The standard InChI is InChI=1S/C9H22N2O/c1-8(12)5-11(4)7-9(2,3)6-10/h8,12H,5-7,10H2,1-4H3. The number of nitrogens with two attached hydrogens (primary N) is 1. The molecule has 0 amide bonds. The third kappa shape index (κ3) is 5.52. The van der Waals surface area contributed by atoms with E-state index in [9.17, 15) is 0 Å². The first kappa shape index (κ1) is 11.9. The third-order valence-corrected chi connectivity index (χ3v) is 1.83. The second-order valence-corrected chi connectivity index (χ2v) is 4.41. The van der Waals surface area contributed by atoms with Crippen LogP contribution in [0.4, 0.5) is 0 Å². The molecule has 0 aliphatic rings. The van der Waals surface area contributed by atoms with Crippen molar-refractivity contribution >= 4 is 0 Å². The molecule has 0 aromatic rings. The first-order valence-electron chi connectivity index (χ1n) is 4.44. The Morgan fingerprint density at radius 1 is 1.50 bits per heavy atom. The minimum atomic E-state index is -0.261. The van der Waals surface area contributed by atoms with Crippen molar-refractivity contribution in [3.8, 4) is 0 Å². The molecule has 0 fully saturated rings. The van der Waals surface area contributed by atoms with E-state index in [0.717, 1.165) is 6.54 Å². The molecule has 0 saturated heterocycles. The third-order valence-electron chi connectivity index (χ3n) is 1.83. The molecule has 0 aliphatic carbocycles. The molecule has 0 rings (SSSR count). The number of likely N-dealkylation sites (N-methyl/N-ethyl adjacent to an activating group) is 1. The van der Waals surface area contributed by atoms with Gasteiger partial charge in [0.1, 0.15) is 0 Å². The quantitative estimate of drug-likeness (QED) is 0.629. The van der Waals surface area contributed by atoms with Crippen LogP contribution in [0.5, 0.6) is 0 Å². The molecule has 0 radical (unpaired) electrons. The Morgan fingerprint density at radius 3 is 2.33 bits per heavy atom. The lowest BCUT2D eigenvalue weighted by atomic mass is 9.93. The van der Waals surface area contributed by atoms with Crippen LogP contribution in [0.15, 0.2) is 0 Å². The maximum Gasteiger partial charge on any atom is 0.0638 e. The fraction of sp³-hybridized carbons (Fsp3) is 1.00. The van der Waals surface area contributed by atoms with Crippen molar-refractivity contribution in [2.24, 2.45) is 11.1 Å². The minimum absolute atomic E-state index is 0.143. The van der Waals surface area contributed by atoms with E-state index in [0.29, 0.717) is 13.1 Å². The first-order valence-corrected chi connectivity index (χ1v) is 4.44. The van der Waals surface area contributed by atoms with Crippen LogP contribution in [-0.2, 0) is 0 Å². The largest absolute Gasteiger partial charge is 0.392 e. The van der Waals surface area contributed by atoms with E-state index in [1.54, 1.807) is 6.92 Å². The van der Waals surface area contributed by atoms with Gasteiger partial charge in [0, 0.05) is 13.1 Å². The summed E-state index contributed by atoms with van der Waals surface area (Å²) in [6.07, 6.45) is -0.261. The molecule has 74 valence electrons. The first-order chi connectivity index (χ1) is 5.37. The monoisotopic (exact) mass is 174 g/mol. The molecule has 0 aromatic carbocycles. The molecule has 12 heavy (non-hydrogen) atoms. The summed E-state index contributed by atoms with van der Waals surface area (Å²) < 4.78 is 0. The Morgan fingerprint density at radius 2 is 2.00 bits per heavy atom. The Bertz CT molecular complexity index is 124. The summed E-state index contributed by atoms with van der Waals surface area (Å²) in [6.45, 7) is 8.37. The van der Waals surface area contributed by atoms with Crippen molar-refractivity contribution in [2.45, 2.75) is 26.9 Å². The second kappa shape index (κ2) is 4.80. The fourth-order valence-corrected chi connectivity index (χ4v) is 1.31. The van der Waals surface area contributed by atoms with Crippen LogP contribution >= 0.6 is 0 Å². The summed E-state index contributed by atoms with van der Waals surface area (Å²) in [7, 11) is 2.00. The van der Waals surface area contributed by atoms with Gasteiger partial charge in [0.15, 0.2) is 0 Å². The molecule has 0 spiro atoms. The topological polar surface area (TPSA) is 49.5 Å². The summed E-state index contributed by atoms with van der Waals surface area (Å²) in [6, 6.07) is 0. The minimum Gasteiger partial charge on any atom is -0.392 e. The van der Waals surface area contributed by atoms with Crippen LogP contribution in [0.2, 0.25) is 0 Å². The molecule has 0 aromatic heterocycles. The van der Waals surface area contributed by atoms with Gasteiger partial charge in [0.25, 0.3) is 0 Å². The summed E-state index contributed by atoms with van der Waals surface area (Å²) in [5.41, 5.74) is 5.74. The van der Waals surface area contributed by atoms with Crippen LogP contribution in [-0.4, -0.2) is 42.8 Å². The Labute approximate surface area is 75.6 Å². The second-order valence-electron chi connectivity index (χ2n) is 4.41. The maximum absolute atomic E-state index is 9.12. The highest BCUT2D eigenvalue weighted by Gasteiger charge is 2.18. The van der Waals surface area contributed by atoms with E-state index in [1.807, 2.05) is 7.05 Å². The van der Waals surface area contributed by atoms with E-state index in [1.165, 1.54) is 0 Å². The SMILES string of the molecule is CC(O)CN(C)CC(C)(C)CN. The van der Waals surface area contributed by atoms with Gasteiger partial charge in [-0.15, -0.1) is 0 Å². The lowest BCUT2D eigenvalue weighted by Crippen LogP contribution is -2.39. The van der Waals surface area contributed by atoms with Crippen molar-refractivity contribution in [1.29, 1.82) is 0 Å². The molecule has 3 N–H and O–H groups in total. The molecule has 0 heterocycles. The predicted octanol–water partition coefficient (Wildman–Crippen LogP) is 0.284. The number of hydrogen-bond donors (Lipinski definition) is 2. The normalized spacial score (nSPS) is 15.2. The highest BCUT2D eigenvalue weighted by Crippen LogP contribution is 2.13. The Balaban J connectivity index is 3.75. The van der Waals surface area contributed by atoms with Crippen LogP contribution in [0.1, 0.15) is 20.8 Å². The van der Waals surface area contributed by atoms with Crippen molar-refractivity contribution in [2.75, 3.05) is 26.7 Å². The van der Waals surface area contributed by atoms with Gasteiger partial charge in [-0.3, -0.25) is 0 Å². The van der Waals surface area contributed by atoms with Crippen molar-refractivity contribution in [3.63, 3.8) is 0 Å². The van der Waals surface area contributed by atoms with Gasteiger partial charge in [0.05, 0.1) is 6.10 Å². The zero-order valence-electron chi connectivity index (χ0n) is 8.67. The van der Waals surface area contributed by atoms with Crippen LogP contribution in [0.25, 0.3) is 0 Å². The lowest BCUT2D eigenvalue weighted by Gasteiger charge is -2.29. The summed E-state index contributed by atoms with van der Waals surface area (Å²) in [5, 5.41) is 9.12. The predicted molar refractivity (Wildman–Crippen MR) is 52.0 cm³/mol. The molecular formula is C9H22N2O. The average Bonchev–Trinajstić information content (AvgIpc) is 1.84. The van der Waals surface area contributed by atoms with Gasteiger partial charge in [-0.1, -0.05) is 13.8 Å². The number of nitrogens with zero attached hydrogens (tertiary/aromatic N) is 1. The van der Waals surface area contributed by atoms with Gasteiger partial charge in [-0.25, -0.2) is 0 Å². The molecule has 0 aliphatic heterocycles. The lowest BCUT2D eigenvalue weighted by molar-refractivity contribution is 0.118. The zero-order valence-corrected chi connectivity index (χ0v) is 8.67. The van der Waals surface area contributed by atoms with Gasteiger partial charge >= 0.3 is 0 Å². The highest BCUT2D eigenvalue weighted by atomic mass is 16.3. The van der Waals surface area contributed by atoms with Crippen molar-refractivity contribution in [1.82, 2.24) is 4.90 Å². The molecule has 3 heteroatoms. The average molecular weight is 174 g/mol. The molecular weight excluding hydrogens is 152 g/mol. The van der Waals surface area contributed by atoms with Gasteiger partial charge < -0.3 is 15.7 Å². The summed E-state index contributed by atoms with van der Waals surface area (Å²) >= 11 is 0. The molecule has 3 nitrogen and oxygen atoms in total. The van der Waals surface area contributed by atoms with E-state index >= 15 is 0 Å². The van der Waals surface area contributed by atoms with E-state index < -0.39 is 0 Å². The fourth-order valence-electron chi connectivity index (χ4n) is 1.31. The van der Waals surface area contributed by atoms with Crippen molar-refractivity contribution in [3.05, 3.63) is 0 Å². The Kier molecular flexibility index (Phi) is 4.75. The van der Waals surface area contributed by atoms with E-state index in [2.05, 4.69) is 18.7 Å². The number of rotatable bonds is 5. The molecule has 1 unspecified atom stereocenters. The van der Waals surface area contributed by atoms with Gasteiger partial charge in [0.2, 0.25) is 0 Å². The number of aliphatic hydroxyl groups excluding tert-OH is 1. The zero-order chi connectivity index (χ0) is 9.78. The highest BCUT2D eigenvalue weighted by molar-refractivity contribution is 4.73. The summed E-state index contributed by atoms with van der Waals surface area (Å²) in [4.78, 5) is 2.11. The Hall–Kier alpha value is -0.120. The number of hydrogen-bond acceptors (Lipinski definition) is 3. The smallest absolute Gasteiger partial charge is 0.0638 e. The van der Waals surface area contributed by atoms with Gasteiger partial charge in [-0.2, -0.15) is 0 Å². The molecule has 0 bridgehead atoms. The van der Waals surface area contributed by atoms with E-state index in [4.69, 9.17) is 10.8 Å². The van der Waals surface area contributed by atoms with Crippen molar-refractivity contribution < 1.29 is 5.11 Å². The van der Waals surface area contributed by atoms with Crippen LogP contribution in [0.3, 0.4) is 0 Å². The van der Waals surface area contributed by atoms with E-state index in [-0.39, 0.29) is 11.5 Å². The number of aliphatic hydroxyl groups is 1. The van der Waals surface area contributed by atoms with Crippen LogP contribution < -0.4 is 5.73 Å². The molecule has 0 saturated carbocycles. The maximum atomic E-state index is 9.12. The van der Waals surface area contributed by atoms with Gasteiger partial charge in [-0.05, 0) is 25.9 Å².